The number of aliphatic hydroxyl groups excluding tert-OH is 1. The zero-order valence-electron chi connectivity index (χ0n) is 16.5. The number of phenolic OH excluding ortho intramolecular Hbond substituents is 1. The lowest BCUT2D eigenvalue weighted by Gasteiger charge is -2.49. The molecule has 31 heavy (non-hydrogen) atoms. The van der Waals surface area contributed by atoms with Crippen molar-refractivity contribution in [2.24, 2.45) is 5.92 Å². The summed E-state index contributed by atoms with van der Waals surface area (Å²) in [6.45, 7) is 0.148. The van der Waals surface area contributed by atoms with E-state index in [-0.39, 0.29) is 30.5 Å². The molecule has 0 aromatic heterocycles. The number of phenols is 1. The number of rotatable bonds is 7. The first-order valence-corrected chi connectivity index (χ1v) is 9.88. The summed E-state index contributed by atoms with van der Waals surface area (Å²) < 4.78 is 31.9. The second kappa shape index (κ2) is 8.73. The van der Waals surface area contributed by atoms with Gasteiger partial charge in [-0.2, -0.15) is 0 Å². The highest BCUT2D eigenvalue weighted by Gasteiger charge is 2.52. The first-order chi connectivity index (χ1) is 14.9. The highest BCUT2D eigenvalue weighted by atomic mass is 19.1. The van der Waals surface area contributed by atoms with Gasteiger partial charge in [-0.25, -0.2) is 8.78 Å². The highest BCUT2D eigenvalue weighted by molar-refractivity contribution is 6.03. The van der Waals surface area contributed by atoms with Crippen LogP contribution in [0.15, 0.2) is 72.8 Å². The molecule has 3 aromatic carbocycles. The van der Waals surface area contributed by atoms with Gasteiger partial charge in [0.05, 0.1) is 24.7 Å². The van der Waals surface area contributed by atoms with Crippen molar-refractivity contribution in [2.45, 2.75) is 18.6 Å². The lowest BCUT2D eigenvalue weighted by molar-refractivity contribution is -0.136. The molecule has 1 fully saturated rings. The molecule has 0 radical (unpaired) electrons. The minimum Gasteiger partial charge on any atom is -0.508 e. The molecule has 0 spiro atoms. The van der Waals surface area contributed by atoms with Crippen LogP contribution < -0.4 is 9.64 Å². The Morgan fingerprint density at radius 3 is 2.10 bits per heavy atom. The SMILES string of the molecule is O=C1C([C@@H](O)CCOc2ccc(F)cc2)C(c2ccc(O)cc2)N1c1ccc(F)cc1. The molecule has 0 aliphatic carbocycles. The molecule has 160 valence electrons. The number of β-lactam (4-membered cyclic amide) rings is 1. The largest absolute Gasteiger partial charge is 0.508 e. The Labute approximate surface area is 178 Å². The van der Waals surface area contributed by atoms with Crippen molar-refractivity contribution in [1.82, 2.24) is 0 Å². The minimum atomic E-state index is -0.983. The van der Waals surface area contributed by atoms with Crippen LogP contribution >= 0.6 is 0 Å². The van der Waals surface area contributed by atoms with Crippen molar-refractivity contribution in [3.63, 3.8) is 0 Å². The number of aliphatic hydroxyl groups is 1. The van der Waals surface area contributed by atoms with Crippen molar-refractivity contribution in [3.05, 3.63) is 90.0 Å². The monoisotopic (exact) mass is 425 g/mol. The van der Waals surface area contributed by atoms with Crippen LogP contribution in [0.3, 0.4) is 0 Å². The average Bonchev–Trinajstić information content (AvgIpc) is 2.76. The third-order valence-corrected chi connectivity index (χ3v) is 5.39. The van der Waals surface area contributed by atoms with Gasteiger partial charge in [-0.1, -0.05) is 12.1 Å². The molecule has 1 heterocycles. The van der Waals surface area contributed by atoms with Crippen molar-refractivity contribution in [3.8, 4) is 11.5 Å². The maximum atomic E-state index is 13.3. The van der Waals surface area contributed by atoms with Crippen LogP contribution in [0, 0.1) is 17.6 Å². The smallest absolute Gasteiger partial charge is 0.235 e. The Kier molecular flexibility index (Phi) is 5.86. The quantitative estimate of drug-likeness (QED) is 0.557. The molecule has 1 amide bonds. The maximum absolute atomic E-state index is 13.3. The van der Waals surface area contributed by atoms with Crippen LogP contribution in [0.4, 0.5) is 14.5 Å². The Hall–Kier alpha value is -3.45. The van der Waals surface area contributed by atoms with Gasteiger partial charge in [-0.3, -0.25) is 4.79 Å². The number of aromatic hydroxyl groups is 1. The molecule has 0 saturated carbocycles. The van der Waals surface area contributed by atoms with Crippen LogP contribution in [0.1, 0.15) is 18.0 Å². The molecule has 0 bridgehead atoms. The third kappa shape index (κ3) is 4.36. The summed E-state index contributed by atoms with van der Waals surface area (Å²) >= 11 is 0. The Balaban J connectivity index is 1.50. The van der Waals surface area contributed by atoms with Crippen LogP contribution in [0.5, 0.6) is 11.5 Å². The van der Waals surface area contributed by atoms with Crippen LogP contribution in [-0.4, -0.2) is 28.8 Å². The first-order valence-electron chi connectivity index (χ1n) is 9.88. The number of halogens is 2. The highest BCUT2D eigenvalue weighted by Crippen LogP contribution is 2.45. The molecule has 7 heteroatoms. The summed E-state index contributed by atoms with van der Waals surface area (Å²) in [5, 5.41) is 20.4. The number of hydrogen-bond donors (Lipinski definition) is 2. The van der Waals surface area contributed by atoms with E-state index < -0.39 is 23.9 Å². The fraction of sp³-hybridized carbons (Fsp3) is 0.208. The number of hydrogen-bond acceptors (Lipinski definition) is 4. The standard InChI is InChI=1S/C24H21F2NO4/c25-16-3-7-18(8-4-16)27-23(15-1-9-19(28)10-2-15)22(24(27)30)21(29)13-14-31-20-11-5-17(26)6-12-20/h1-12,21-23,28-29H,13-14H2/t21-,22?,23?/m0/s1. The fourth-order valence-electron chi connectivity index (χ4n) is 3.81. The number of nitrogens with zero attached hydrogens (tertiary/aromatic N) is 1. The zero-order valence-corrected chi connectivity index (χ0v) is 16.5. The molecular weight excluding hydrogens is 404 g/mol. The van der Waals surface area contributed by atoms with Gasteiger partial charge in [0, 0.05) is 12.1 Å². The predicted octanol–water partition coefficient (Wildman–Crippen LogP) is 4.20. The lowest BCUT2D eigenvalue weighted by atomic mass is 9.77. The topological polar surface area (TPSA) is 70.0 Å². The number of amides is 1. The summed E-state index contributed by atoms with van der Waals surface area (Å²) in [4.78, 5) is 14.5. The van der Waals surface area contributed by atoms with E-state index in [9.17, 15) is 23.8 Å². The Bertz CT molecular complexity index is 1040. The van der Waals surface area contributed by atoms with E-state index in [0.717, 1.165) is 5.56 Å². The van der Waals surface area contributed by atoms with Crippen molar-refractivity contribution >= 4 is 11.6 Å². The first kappa shape index (κ1) is 20.8. The molecule has 2 unspecified atom stereocenters. The van der Waals surface area contributed by atoms with Gasteiger partial charge in [0.15, 0.2) is 0 Å². The van der Waals surface area contributed by atoms with Gasteiger partial charge in [-0.15, -0.1) is 0 Å². The van der Waals surface area contributed by atoms with Crippen molar-refractivity contribution in [1.29, 1.82) is 0 Å². The predicted molar refractivity (Wildman–Crippen MR) is 111 cm³/mol. The van der Waals surface area contributed by atoms with Crippen LogP contribution in [-0.2, 0) is 4.79 Å². The van der Waals surface area contributed by atoms with E-state index in [0.29, 0.717) is 11.4 Å². The van der Waals surface area contributed by atoms with Gasteiger partial charge in [0.25, 0.3) is 0 Å². The molecular formula is C24H21F2NO4. The molecule has 5 nitrogen and oxygen atoms in total. The van der Waals surface area contributed by atoms with Crippen LogP contribution in [0.2, 0.25) is 0 Å². The number of ether oxygens (including phenoxy) is 1. The summed E-state index contributed by atoms with van der Waals surface area (Å²) in [5.74, 6) is -1.22. The lowest BCUT2D eigenvalue weighted by Crippen LogP contribution is -2.59. The molecule has 1 saturated heterocycles. The van der Waals surface area contributed by atoms with E-state index >= 15 is 0 Å². The van der Waals surface area contributed by atoms with Gasteiger partial charge in [0.2, 0.25) is 5.91 Å². The summed E-state index contributed by atoms with van der Waals surface area (Å²) in [7, 11) is 0. The molecule has 3 atom stereocenters. The summed E-state index contributed by atoms with van der Waals surface area (Å²) in [6.07, 6.45) is -0.789. The van der Waals surface area contributed by atoms with E-state index in [4.69, 9.17) is 4.74 Å². The van der Waals surface area contributed by atoms with Crippen molar-refractivity contribution in [2.75, 3.05) is 11.5 Å². The number of anilines is 1. The van der Waals surface area contributed by atoms with Gasteiger partial charge < -0.3 is 19.8 Å². The Morgan fingerprint density at radius 2 is 1.48 bits per heavy atom. The van der Waals surface area contributed by atoms with Gasteiger partial charge in [-0.05, 0) is 66.2 Å². The van der Waals surface area contributed by atoms with Crippen molar-refractivity contribution < 1.29 is 28.5 Å². The van der Waals surface area contributed by atoms with Crippen LogP contribution in [0.25, 0.3) is 0 Å². The third-order valence-electron chi connectivity index (χ3n) is 5.39. The second-order valence-electron chi connectivity index (χ2n) is 7.41. The Morgan fingerprint density at radius 1 is 0.903 bits per heavy atom. The van der Waals surface area contributed by atoms with Gasteiger partial charge in [0.1, 0.15) is 23.1 Å². The van der Waals surface area contributed by atoms with E-state index in [2.05, 4.69) is 0 Å². The number of carbonyl (C=O) groups excluding carboxylic acids is 1. The minimum absolute atomic E-state index is 0.0903. The van der Waals surface area contributed by atoms with E-state index in [1.165, 1.54) is 65.6 Å². The molecule has 1 aliphatic rings. The molecule has 3 aromatic rings. The van der Waals surface area contributed by atoms with E-state index in [1.807, 2.05) is 0 Å². The van der Waals surface area contributed by atoms with Gasteiger partial charge >= 0.3 is 0 Å². The molecule has 2 N–H and O–H groups in total. The average molecular weight is 425 g/mol. The summed E-state index contributed by atoms with van der Waals surface area (Å²) in [5.41, 5.74) is 1.26. The number of carbonyl (C=O) groups is 1. The maximum Gasteiger partial charge on any atom is 0.235 e. The number of benzene rings is 3. The van der Waals surface area contributed by atoms with E-state index in [1.54, 1.807) is 12.1 Å². The summed E-state index contributed by atoms with van der Waals surface area (Å²) in [6, 6.07) is 17.1. The molecule has 1 aliphatic heterocycles. The zero-order chi connectivity index (χ0) is 22.0. The fourth-order valence-corrected chi connectivity index (χ4v) is 3.81. The normalized spacial score (nSPS) is 19.1. The second-order valence-corrected chi connectivity index (χ2v) is 7.41. The molecule has 4 rings (SSSR count).